The van der Waals surface area contributed by atoms with Crippen molar-refractivity contribution in [2.24, 2.45) is 0 Å². The summed E-state index contributed by atoms with van der Waals surface area (Å²) < 4.78 is 0. The number of hydrogen-bond acceptors (Lipinski definition) is 1. The van der Waals surface area contributed by atoms with E-state index in [1.165, 1.54) is 11.1 Å². The van der Waals surface area contributed by atoms with E-state index in [9.17, 15) is 0 Å². The second-order valence-corrected chi connectivity index (χ2v) is 4.80. The molecule has 0 heterocycles. The molecule has 1 nitrogen and oxygen atoms in total. The maximum atomic E-state index is 5.81. The minimum atomic E-state index is 0.546. The van der Waals surface area contributed by atoms with E-state index >= 15 is 0 Å². The molecule has 0 amide bonds. The number of rotatable bonds is 6. The van der Waals surface area contributed by atoms with Crippen molar-refractivity contribution in [2.45, 2.75) is 39.8 Å². The van der Waals surface area contributed by atoms with Crippen LogP contribution in [0, 0.1) is 0 Å². The highest BCUT2D eigenvalue weighted by Gasteiger charge is 2.08. The monoisotopic (exact) mass is 239 g/mol. The van der Waals surface area contributed by atoms with Gasteiger partial charge >= 0.3 is 0 Å². The van der Waals surface area contributed by atoms with Crippen molar-refractivity contribution < 1.29 is 0 Å². The lowest BCUT2D eigenvalue weighted by molar-refractivity contribution is 0.226. The van der Waals surface area contributed by atoms with Crippen LogP contribution < -0.4 is 0 Å². The van der Waals surface area contributed by atoms with Gasteiger partial charge in [-0.25, -0.2) is 0 Å². The molecule has 0 spiro atoms. The molecule has 0 saturated carbocycles. The van der Waals surface area contributed by atoms with Gasteiger partial charge in [0.1, 0.15) is 0 Å². The van der Waals surface area contributed by atoms with E-state index in [0.29, 0.717) is 11.9 Å². The zero-order valence-corrected chi connectivity index (χ0v) is 11.3. The molecule has 0 aromatic heterocycles. The maximum Gasteiger partial charge on any atom is 0.0351 e. The molecule has 90 valence electrons. The fourth-order valence-electron chi connectivity index (χ4n) is 1.74. The van der Waals surface area contributed by atoms with Crippen LogP contribution in [0.25, 0.3) is 0 Å². The van der Waals surface area contributed by atoms with Crippen molar-refractivity contribution in [2.75, 3.05) is 12.4 Å². The molecule has 0 atom stereocenters. The molecule has 0 bridgehead atoms. The molecule has 0 radical (unpaired) electrons. The van der Waals surface area contributed by atoms with Crippen LogP contribution in [0.15, 0.2) is 24.3 Å². The van der Waals surface area contributed by atoms with E-state index < -0.39 is 0 Å². The van der Waals surface area contributed by atoms with E-state index in [2.05, 4.69) is 49.9 Å². The Labute approximate surface area is 104 Å². The third-order valence-electron chi connectivity index (χ3n) is 2.92. The average Bonchev–Trinajstić information content (AvgIpc) is 2.29. The lowest BCUT2D eigenvalue weighted by atomic mass is 10.1. The molecular formula is C14H22ClN. The van der Waals surface area contributed by atoms with Gasteiger partial charge in [-0.15, -0.1) is 11.6 Å². The van der Waals surface area contributed by atoms with Crippen molar-refractivity contribution >= 4 is 11.6 Å². The lowest BCUT2D eigenvalue weighted by Crippen LogP contribution is -2.32. The van der Waals surface area contributed by atoms with Gasteiger partial charge in [-0.1, -0.05) is 31.2 Å². The number of halogens is 1. The second-order valence-electron chi connectivity index (χ2n) is 4.42. The summed E-state index contributed by atoms with van der Waals surface area (Å²) in [5.41, 5.74) is 2.77. The summed E-state index contributed by atoms with van der Waals surface area (Å²) in [6, 6.07) is 9.43. The van der Waals surface area contributed by atoms with Crippen molar-refractivity contribution in [1.82, 2.24) is 4.90 Å². The van der Waals surface area contributed by atoms with Crippen LogP contribution in [0.2, 0.25) is 0 Å². The summed E-state index contributed by atoms with van der Waals surface area (Å²) in [5.74, 6) is 0.700. The Kier molecular flexibility index (Phi) is 5.86. The summed E-state index contributed by atoms with van der Waals surface area (Å²) in [6.07, 6.45) is 1.11. The largest absolute Gasteiger partial charge is 0.296 e. The third-order valence-corrected chi connectivity index (χ3v) is 3.09. The summed E-state index contributed by atoms with van der Waals surface area (Å²) >= 11 is 5.81. The molecule has 1 rings (SSSR count). The average molecular weight is 240 g/mol. The second kappa shape index (κ2) is 6.93. The van der Waals surface area contributed by atoms with Crippen molar-refractivity contribution in [3.8, 4) is 0 Å². The van der Waals surface area contributed by atoms with Crippen LogP contribution in [0.1, 0.15) is 31.9 Å². The van der Waals surface area contributed by atoms with Gasteiger partial charge in [0.15, 0.2) is 0 Å². The van der Waals surface area contributed by atoms with Crippen LogP contribution in [-0.2, 0) is 13.0 Å². The van der Waals surface area contributed by atoms with Gasteiger partial charge in [0, 0.05) is 25.0 Å². The molecule has 0 unspecified atom stereocenters. The SMILES string of the molecule is CCc1ccc(CN(CCCl)C(C)C)cc1. The van der Waals surface area contributed by atoms with Crippen LogP contribution >= 0.6 is 11.6 Å². The first kappa shape index (κ1) is 13.5. The van der Waals surface area contributed by atoms with Crippen LogP contribution in [0.4, 0.5) is 0 Å². The van der Waals surface area contributed by atoms with E-state index in [-0.39, 0.29) is 0 Å². The first-order valence-corrected chi connectivity index (χ1v) is 6.58. The standard InChI is InChI=1S/C14H22ClN/c1-4-13-5-7-14(8-6-13)11-16(10-9-15)12(2)3/h5-8,12H,4,9-11H2,1-3H3. The Balaban J connectivity index is 2.62. The minimum absolute atomic E-state index is 0.546. The van der Waals surface area contributed by atoms with E-state index in [0.717, 1.165) is 19.5 Å². The highest BCUT2D eigenvalue weighted by molar-refractivity contribution is 6.18. The molecule has 1 aromatic rings. The molecule has 0 fully saturated rings. The van der Waals surface area contributed by atoms with Gasteiger partial charge in [0.2, 0.25) is 0 Å². The molecule has 16 heavy (non-hydrogen) atoms. The fourth-order valence-corrected chi connectivity index (χ4v) is 1.96. The zero-order valence-electron chi connectivity index (χ0n) is 10.5. The molecule has 1 aromatic carbocycles. The number of hydrogen-bond donors (Lipinski definition) is 0. The predicted octanol–water partition coefficient (Wildman–Crippen LogP) is 3.70. The van der Waals surface area contributed by atoms with E-state index in [1.807, 2.05) is 0 Å². The van der Waals surface area contributed by atoms with Gasteiger partial charge in [-0.3, -0.25) is 4.90 Å². The van der Waals surface area contributed by atoms with Crippen LogP contribution in [0.3, 0.4) is 0 Å². The minimum Gasteiger partial charge on any atom is -0.296 e. The van der Waals surface area contributed by atoms with Gasteiger partial charge in [-0.2, -0.15) is 0 Å². The smallest absolute Gasteiger partial charge is 0.0351 e. The van der Waals surface area contributed by atoms with Gasteiger partial charge in [-0.05, 0) is 31.4 Å². The number of benzene rings is 1. The molecule has 0 aliphatic rings. The van der Waals surface area contributed by atoms with E-state index in [4.69, 9.17) is 11.6 Å². The quantitative estimate of drug-likeness (QED) is 0.685. The fraction of sp³-hybridized carbons (Fsp3) is 0.571. The Morgan fingerprint density at radius 3 is 2.12 bits per heavy atom. The molecular weight excluding hydrogens is 218 g/mol. The van der Waals surface area contributed by atoms with E-state index in [1.54, 1.807) is 0 Å². The first-order valence-electron chi connectivity index (χ1n) is 6.05. The van der Waals surface area contributed by atoms with Crippen molar-refractivity contribution in [3.05, 3.63) is 35.4 Å². The number of aryl methyl sites for hydroxylation is 1. The normalized spacial score (nSPS) is 11.4. The van der Waals surface area contributed by atoms with Gasteiger partial charge < -0.3 is 0 Å². The van der Waals surface area contributed by atoms with Crippen molar-refractivity contribution in [1.29, 1.82) is 0 Å². The lowest BCUT2D eigenvalue weighted by Gasteiger charge is -2.25. The summed E-state index contributed by atoms with van der Waals surface area (Å²) in [6.45, 7) is 8.56. The molecule has 0 saturated heterocycles. The summed E-state index contributed by atoms with van der Waals surface area (Å²) in [4.78, 5) is 2.40. The number of alkyl halides is 1. The van der Waals surface area contributed by atoms with Crippen LogP contribution in [-0.4, -0.2) is 23.4 Å². The summed E-state index contributed by atoms with van der Waals surface area (Å²) in [7, 11) is 0. The topological polar surface area (TPSA) is 3.24 Å². The molecule has 0 aliphatic heterocycles. The predicted molar refractivity (Wildman–Crippen MR) is 72.1 cm³/mol. The highest BCUT2D eigenvalue weighted by Crippen LogP contribution is 2.10. The maximum absolute atomic E-state index is 5.81. The van der Waals surface area contributed by atoms with Crippen molar-refractivity contribution in [3.63, 3.8) is 0 Å². The zero-order chi connectivity index (χ0) is 12.0. The Morgan fingerprint density at radius 1 is 1.12 bits per heavy atom. The first-order chi connectivity index (χ1) is 7.67. The summed E-state index contributed by atoms with van der Waals surface area (Å²) in [5, 5.41) is 0. The molecule has 0 N–H and O–H groups in total. The third kappa shape index (κ3) is 4.15. The van der Waals surface area contributed by atoms with Gasteiger partial charge in [0.25, 0.3) is 0 Å². The Bertz CT molecular complexity index is 292. The highest BCUT2D eigenvalue weighted by atomic mass is 35.5. The molecule has 0 aliphatic carbocycles. The van der Waals surface area contributed by atoms with Gasteiger partial charge in [0.05, 0.1) is 0 Å². The Hall–Kier alpha value is -0.530. The number of nitrogens with zero attached hydrogens (tertiary/aromatic N) is 1. The Morgan fingerprint density at radius 2 is 1.69 bits per heavy atom. The molecule has 2 heteroatoms. The van der Waals surface area contributed by atoms with Crippen LogP contribution in [0.5, 0.6) is 0 Å².